The quantitative estimate of drug-likeness (QED) is 0.792. The van der Waals surface area contributed by atoms with Gasteiger partial charge in [-0.1, -0.05) is 0 Å². The van der Waals surface area contributed by atoms with E-state index in [1.807, 2.05) is 0 Å². The van der Waals surface area contributed by atoms with Crippen LogP contribution in [0.5, 0.6) is 0 Å². The van der Waals surface area contributed by atoms with Gasteiger partial charge in [-0.15, -0.1) is 0 Å². The number of hydrogen-bond acceptors (Lipinski definition) is 6. The Morgan fingerprint density at radius 3 is 2.41 bits per heavy atom. The number of nitrogens with zero attached hydrogens (tertiary/aromatic N) is 7. The van der Waals surface area contributed by atoms with Crippen LogP contribution in [0.4, 0.5) is 11.8 Å². The van der Waals surface area contributed by atoms with Crippen LogP contribution in [-0.2, 0) is 26.4 Å². The fourth-order valence-electron chi connectivity index (χ4n) is 5.05. The normalized spacial score (nSPS) is 20.3. The van der Waals surface area contributed by atoms with Gasteiger partial charge in [0.15, 0.2) is 0 Å². The van der Waals surface area contributed by atoms with Gasteiger partial charge >= 0.3 is 0 Å². The van der Waals surface area contributed by atoms with Crippen LogP contribution >= 0.6 is 0 Å². The lowest BCUT2D eigenvalue weighted by Gasteiger charge is -2.36. The van der Waals surface area contributed by atoms with Gasteiger partial charge in [0, 0.05) is 64.6 Å². The Kier molecular flexibility index (Phi) is 5.16. The Balaban J connectivity index is 1.25. The monoisotopic (exact) mass is 395 g/mol. The highest BCUT2D eigenvalue weighted by molar-refractivity contribution is 5.46. The van der Waals surface area contributed by atoms with E-state index in [1.165, 1.54) is 49.1 Å². The molecule has 2 aromatic rings. The topological polar surface area (TPSA) is 53.3 Å². The van der Waals surface area contributed by atoms with Gasteiger partial charge in [-0.25, -0.2) is 4.98 Å². The van der Waals surface area contributed by atoms with E-state index in [9.17, 15) is 0 Å². The average molecular weight is 396 g/mol. The molecule has 29 heavy (non-hydrogen) atoms. The summed E-state index contributed by atoms with van der Waals surface area (Å²) in [4.78, 5) is 17.0. The van der Waals surface area contributed by atoms with Crippen LogP contribution in [0.3, 0.4) is 0 Å². The lowest BCUT2D eigenvalue weighted by atomic mass is 9.95. The molecule has 2 aliphatic heterocycles. The largest absolute Gasteiger partial charge is 0.354 e. The van der Waals surface area contributed by atoms with E-state index in [0.717, 1.165) is 69.7 Å². The Bertz CT molecular complexity index is 860. The Morgan fingerprint density at radius 2 is 1.62 bits per heavy atom. The summed E-state index contributed by atoms with van der Waals surface area (Å²) >= 11 is 0. The van der Waals surface area contributed by atoms with Gasteiger partial charge in [0.25, 0.3) is 0 Å². The highest BCUT2D eigenvalue weighted by Crippen LogP contribution is 2.26. The second kappa shape index (κ2) is 7.94. The maximum Gasteiger partial charge on any atom is 0.227 e. The molecule has 0 amide bonds. The number of anilines is 2. The number of aromatic nitrogens is 4. The highest BCUT2D eigenvalue weighted by atomic mass is 15.3. The molecule has 2 aromatic heterocycles. The molecule has 0 saturated carbocycles. The fourth-order valence-corrected chi connectivity index (χ4v) is 5.05. The van der Waals surface area contributed by atoms with E-state index in [4.69, 9.17) is 15.1 Å². The van der Waals surface area contributed by atoms with Crippen molar-refractivity contribution in [3.8, 4) is 0 Å². The standard InChI is InChI=1S/C22H33N7/c1-17-15-21(24-22(23-17)29-9-5-6-10-29)28-13-11-27(12-14-28)16-20-18-7-3-4-8-19(18)25-26(20)2/h15H,3-14,16H2,1-2H3. The van der Waals surface area contributed by atoms with Crippen LogP contribution in [-0.4, -0.2) is 63.9 Å². The van der Waals surface area contributed by atoms with Crippen molar-refractivity contribution in [2.75, 3.05) is 49.1 Å². The fraction of sp³-hybridized carbons (Fsp3) is 0.682. The molecule has 2 saturated heterocycles. The molecule has 3 aliphatic rings. The number of fused-ring (bicyclic) bond motifs is 1. The van der Waals surface area contributed by atoms with Gasteiger partial charge in [0.1, 0.15) is 5.82 Å². The van der Waals surface area contributed by atoms with Crippen molar-refractivity contribution < 1.29 is 0 Å². The summed E-state index contributed by atoms with van der Waals surface area (Å²) in [7, 11) is 2.12. The molecule has 0 bridgehead atoms. The zero-order chi connectivity index (χ0) is 19.8. The molecule has 5 rings (SSSR count). The summed E-state index contributed by atoms with van der Waals surface area (Å²) in [6.07, 6.45) is 7.47. The molecule has 0 unspecified atom stereocenters. The lowest BCUT2D eigenvalue weighted by Crippen LogP contribution is -2.46. The summed E-state index contributed by atoms with van der Waals surface area (Å²) in [5.41, 5.74) is 5.38. The Labute approximate surface area is 173 Å². The molecule has 0 spiro atoms. The molecule has 2 fully saturated rings. The van der Waals surface area contributed by atoms with Gasteiger partial charge < -0.3 is 9.80 Å². The molecule has 7 heteroatoms. The summed E-state index contributed by atoms with van der Waals surface area (Å²) in [6.45, 7) is 9.48. The first-order valence-electron chi connectivity index (χ1n) is 11.3. The van der Waals surface area contributed by atoms with E-state index < -0.39 is 0 Å². The van der Waals surface area contributed by atoms with Crippen LogP contribution in [0.1, 0.15) is 48.3 Å². The van der Waals surface area contributed by atoms with Crippen molar-refractivity contribution in [2.24, 2.45) is 7.05 Å². The van der Waals surface area contributed by atoms with Gasteiger partial charge in [-0.2, -0.15) is 10.1 Å². The Hall–Kier alpha value is -2.15. The summed E-state index contributed by atoms with van der Waals surface area (Å²) in [5, 5.41) is 4.79. The van der Waals surface area contributed by atoms with Gasteiger partial charge in [0.05, 0.1) is 11.4 Å². The van der Waals surface area contributed by atoms with E-state index >= 15 is 0 Å². The first-order chi connectivity index (χ1) is 14.2. The maximum atomic E-state index is 4.92. The predicted octanol–water partition coefficient (Wildman–Crippen LogP) is 2.32. The molecule has 0 N–H and O–H groups in total. The summed E-state index contributed by atoms with van der Waals surface area (Å²) in [6, 6.07) is 2.15. The third kappa shape index (κ3) is 3.84. The maximum absolute atomic E-state index is 4.92. The number of hydrogen-bond donors (Lipinski definition) is 0. The Morgan fingerprint density at radius 1 is 0.862 bits per heavy atom. The molecular weight excluding hydrogens is 362 g/mol. The minimum Gasteiger partial charge on any atom is -0.354 e. The zero-order valence-electron chi connectivity index (χ0n) is 17.9. The van der Waals surface area contributed by atoms with Crippen molar-refractivity contribution in [1.82, 2.24) is 24.6 Å². The molecule has 4 heterocycles. The lowest BCUT2D eigenvalue weighted by molar-refractivity contribution is 0.242. The molecule has 0 atom stereocenters. The second-order valence-electron chi connectivity index (χ2n) is 8.83. The smallest absolute Gasteiger partial charge is 0.227 e. The van der Waals surface area contributed by atoms with Crippen LogP contribution in [0.15, 0.2) is 6.07 Å². The summed E-state index contributed by atoms with van der Waals surface area (Å²) < 4.78 is 2.14. The van der Waals surface area contributed by atoms with E-state index in [0.29, 0.717) is 0 Å². The first kappa shape index (κ1) is 18.9. The average Bonchev–Trinajstić information content (AvgIpc) is 3.37. The SMILES string of the molecule is Cc1cc(N2CCN(Cc3c4c(nn3C)CCCC4)CC2)nc(N2CCCC2)n1. The van der Waals surface area contributed by atoms with Gasteiger partial charge in [0.2, 0.25) is 5.95 Å². The molecular formula is C22H33N7. The van der Waals surface area contributed by atoms with Crippen LogP contribution < -0.4 is 9.80 Å². The van der Waals surface area contributed by atoms with E-state index in [1.54, 1.807) is 0 Å². The van der Waals surface area contributed by atoms with Crippen molar-refractivity contribution in [3.63, 3.8) is 0 Å². The number of piperazine rings is 1. The van der Waals surface area contributed by atoms with E-state index in [-0.39, 0.29) is 0 Å². The first-order valence-corrected chi connectivity index (χ1v) is 11.3. The van der Waals surface area contributed by atoms with Crippen molar-refractivity contribution in [3.05, 3.63) is 28.7 Å². The molecule has 156 valence electrons. The third-order valence-electron chi connectivity index (χ3n) is 6.74. The molecule has 7 nitrogen and oxygen atoms in total. The number of rotatable bonds is 4. The van der Waals surface area contributed by atoms with Crippen molar-refractivity contribution in [2.45, 2.75) is 52.0 Å². The predicted molar refractivity (Wildman–Crippen MR) is 116 cm³/mol. The van der Waals surface area contributed by atoms with Crippen LogP contribution in [0.2, 0.25) is 0 Å². The number of aryl methyl sites for hydroxylation is 3. The molecule has 0 aromatic carbocycles. The van der Waals surface area contributed by atoms with Crippen LogP contribution in [0, 0.1) is 6.92 Å². The highest BCUT2D eigenvalue weighted by Gasteiger charge is 2.24. The third-order valence-corrected chi connectivity index (χ3v) is 6.74. The zero-order valence-corrected chi connectivity index (χ0v) is 17.9. The summed E-state index contributed by atoms with van der Waals surface area (Å²) in [5.74, 6) is 2.01. The van der Waals surface area contributed by atoms with Gasteiger partial charge in [-0.05, 0) is 51.0 Å². The second-order valence-corrected chi connectivity index (χ2v) is 8.83. The minimum atomic E-state index is 0.918. The van der Waals surface area contributed by atoms with Gasteiger partial charge in [-0.3, -0.25) is 9.58 Å². The van der Waals surface area contributed by atoms with Crippen LogP contribution in [0.25, 0.3) is 0 Å². The minimum absolute atomic E-state index is 0.918. The molecule has 0 radical (unpaired) electrons. The molecule has 1 aliphatic carbocycles. The van der Waals surface area contributed by atoms with Crippen molar-refractivity contribution in [1.29, 1.82) is 0 Å². The van der Waals surface area contributed by atoms with Crippen molar-refractivity contribution >= 4 is 11.8 Å². The van der Waals surface area contributed by atoms with E-state index in [2.05, 4.69) is 39.4 Å².